The van der Waals surface area contributed by atoms with Crippen LogP contribution in [0.5, 0.6) is 0 Å². The highest BCUT2D eigenvalue weighted by Crippen LogP contribution is 2.24. The number of aromatic nitrogens is 2. The van der Waals surface area contributed by atoms with Gasteiger partial charge >= 0.3 is 0 Å². The Labute approximate surface area is 168 Å². The number of nitrogens with zero attached hydrogens (tertiary/aromatic N) is 3. The Bertz CT molecular complexity index is 1010. The molecule has 0 saturated carbocycles. The Kier molecular flexibility index (Phi) is 6.16. The number of carbonyl (C=O) groups is 2. The van der Waals surface area contributed by atoms with Crippen LogP contribution >= 0.6 is 11.8 Å². The molecule has 3 rings (SSSR count). The first kappa shape index (κ1) is 19.7. The third-order valence-electron chi connectivity index (χ3n) is 4.09. The summed E-state index contributed by atoms with van der Waals surface area (Å²) in [4.78, 5) is 30.4. The van der Waals surface area contributed by atoms with Crippen LogP contribution < -0.4 is 5.32 Å². The van der Waals surface area contributed by atoms with Gasteiger partial charge in [-0.15, -0.1) is 6.58 Å². The molecule has 2 amide bonds. The van der Waals surface area contributed by atoms with Crippen molar-refractivity contribution in [3.63, 3.8) is 0 Å². The summed E-state index contributed by atoms with van der Waals surface area (Å²) in [6.45, 7) is 4.43. The van der Waals surface area contributed by atoms with Crippen LogP contribution in [0.1, 0.15) is 10.4 Å². The molecule has 0 unspecified atom stereocenters. The lowest BCUT2D eigenvalue weighted by atomic mass is 10.2. The Balaban J connectivity index is 1.64. The zero-order chi connectivity index (χ0) is 20.1. The first-order valence-electron chi connectivity index (χ1n) is 8.80. The van der Waals surface area contributed by atoms with E-state index in [1.807, 2.05) is 34.9 Å². The molecule has 28 heavy (non-hydrogen) atoms. The highest BCUT2D eigenvalue weighted by molar-refractivity contribution is 7.99. The van der Waals surface area contributed by atoms with Crippen molar-refractivity contribution in [3.05, 3.63) is 66.7 Å². The number of para-hydroxylation sites is 2. The zero-order valence-corrected chi connectivity index (χ0v) is 16.7. The van der Waals surface area contributed by atoms with Crippen LogP contribution in [0.4, 0.5) is 5.69 Å². The van der Waals surface area contributed by atoms with Gasteiger partial charge in [-0.1, -0.05) is 30.0 Å². The quantitative estimate of drug-likeness (QED) is 0.491. The first-order chi connectivity index (χ1) is 13.5. The summed E-state index contributed by atoms with van der Waals surface area (Å²) in [5, 5.41) is 3.63. The van der Waals surface area contributed by atoms with Gasteiger partial charge in [0.1, 0.15) is 0 Å². The van der Waals surface area contributed by atoms with Crippen LogP contribution in [-0.2, 0) is 11.3 Å². The highest BCUT2D eigenvalue weighted by atomic mass is 32.2. The molecule has 6 nitrogen and oxygen atoms in total. The lowest BCUT2D eigenvalue weighted by Gasteiger charge is -2.11. The summed E-state index contributed by atoms with van der Waals surface area (Å²) >= 11 is 1.38. The van der Waals surface area contributed by atoms with Gasteiger partial charge in [0.2, 0.25) is 5.91 Å². The number of anilines is 1. The van der Waals surface area contributed by atoms with Crippen LogP contribution in [0.2, 0.25) is 0 Å². The van der Waals surface area contributed by atoms with Gasteiger partial charge in [0.05, 0.1) is 16.8 Å². The molecular weight excluding hydrogens is 372 g/mol. The maximum absolute atomic E-state index is 12.3. The number of imidazole rings is 1. The number of carbonyl (C=O) groups excluding carboxylic acids is 2. The summed E-state index contributed by atoms with van der Waals surface area (Å²) in [6.07, 6.45) is 1.81. The molecule has 0 saturated heterocycles. The Hall–Kier alpha value is -3.06. The van der Waals surface area contributed by atoms with E-state index in [1.54, 1.807) is 38.4 Å². The van der Waals surface area contributed by atoms with E-state index in [0.29, 0.717) is 17.8 Å². The molecule has 2 aromatic carbocycles. The van der Waals surface area contributed by atoms with Crippen LogP contribution in [0, 0.1) is 0 Å². The molecule has 0 radical (unpaired) electrons. The maximum Gasteiger partial charge on any atom is 0.253 e. The molecule has 0 fully saturated rings. The van der Waals surface area contributed by atoms with Crippen molar-refractivity contribution >= 4 is 40.3 Å². The molecule has 0 aliphatic rings. The number of thioether (sulfide) groups is 1. The molecule has 0 atom stereocenters. The number of amides is 2. The fourth-order valence-electron chi connectivity index (χ4n) is 2.75. The van der Waals surface area contributed by atoms with E-state index in [-0.39, 0.29) is 17.6 Å². The zero-order valence-electron chi connectivity index (χ0n) is 15.9. The van der Waals surface area contributed by atoms with Gasteiger partial charge in [-0.3, -0.25) is 9.59 Å². The van der Waals surface area contributed by atoms with Gasteiger partial charge in [-0.25, -0.2) is 4.98 Å². The molecule has 1 heterocycles. The predicted molar refractivity (Wildman–Crippen MR) is 114 cm³/mol. The van der Waals surface area contributed by atoms with Crippen molar-refractivity contribution in [2.24, 2.45) is 0 Å². The minimum absolute atomic E-state index is 0.0745. The molecule has 0 spiro atoms. The summed E-state index contributed by atoms with van der Waals surface area (Å²) in [6, 6.07) is 14.7. The van der Waals surface area contributed by atoms with Crippen LogP contribution in [0.15, 0.2) is 66.3 Å². The molecule has 144 valence electrons. The third-order valence-corrected chi connectivity index (χ3v) is 5.06. The Morgan fingerprint density at radius 3 is 2.57 bits per heavy atom. The number of benzene rings is 2. The van der Waals surface area contributed by atoms with E-state index in [4.69, 9.17) is 0 Å². The lowest BCUT2D eigenvalue weighted by Crippen LogP contribution is -2.21. The van der Waals surface area contributed by atoms with Crippen molar-refractivity contribution in [2.45, 2.75) is 11.7 Å². The van der Waals surface area contributed by atoms with E-state index in [2.05, 4.69) is 16.9 Å². The normalized spacial score (nSPS) is 10.6. The van der Waals surface area contributed by atoms with E-state index in [1.165, 1.54) is 16.7 Å². The second kappa shape index (κ2) is 8.75. The van der Waals surface area contributed by atoms with Gasteiger partial charge in [-0.2, -0.15) is 0 Å². The molecule has 1 N–H and O–H groups in total. The summed E-state index contributed by atoms with van der Waals surface area (Å²) < 4.78 is 2.04. The number of nitrogens with one attached hydrogen (secondary N) is 1. The van der Waals surface area contributed by atoms with Gasteiger partial charge < -0.3 is 14.8 Å². The number of hydrogen-bond acceptors (Lipinski definition) is 4. The molecule has 0 aliphatic carbocycles. The lowest BCUT2D eigenvalue weighted by molar-refractivity contribution is -0.113. The van der Waals surface area contributed by atoms with Crippen molar-refractivity contribution in [1.29, 1.82) is 0 Å². The van der Waals surface area contributed by atoms with Gasteiger partial charge in [0.15, 0.2) is 5.16 Å². The first-order valence-corrected chi connectivity index (χ1v) is 9.78. The molecule has 1 aromatic heterocycles. The topological polar surface area (TPSA) is 67.2 Å². The molecule has 3 aromatic rings. The Morgan fingerprint density at radius 1 is 1.18 bits per heavy atom. The number of hydrogen-bond donors (Lipinski definition) is 1. The van der Waals surface area contributed by atoms with Gasteiger partial charge in [0, 0.05) is 31.9 Å². The second-order valence-electron chi connectivity index (χ2n) is 6.40. The van der Waals surface area contributed by atoms with Crippen molar-refractivity contribution < 1.29 is 9.59 Å². The van der Waals surface area contributed by atoms with Gasteiger partial charge in [0.25, 0.3) is 5.91 Å². The van der Waals surface area contributed by atoms with Crippen LogP contribution in [-0.4, -0.2) is 46.1 Å². The fourth-order valence-corrected chi connectivity index (χ4v) is 3.57. The van der Waals surface area contributed by atoms with Crippen molar-refractivity contribution in [3.8, 4) is 0 Å². The minimum Gasteiger partial charge on any atom is -0.345 e. The predicted octanol–water partition coefficient (Wildman–Crippen LogP) is 3.65. The smallest absolute Gasteiger partial charge is 0.253 e. The average molecular weight is 395 g/mol. The van der Waals surface area contributed by atoms with E-state index in [9.17, 15) is 9.59 Å². The SMILES string of the molecule is C=CCn1c(SCC(=O)Nc2ccc(C(=O)N(C)C)cc2)nc2ccccc21. The number of rotatable bonds is 7. The summed E-state index contributed by atoms with van der Waals surface area (Å²) in [7, 11) is 3.41. The highest BCUT2D eigenvalue weighted by Gasteiger charge is 2.13. The second-order valence-corrected chi connectivity index (χ2v) is 7.34. The van der Waals surface area contributed by atoms with Crippen LogP contribution in [0.25, 0.3) is 11.0 Å². The average Bonchev–Trinajstić information content (AvgIpc) is 3.04. The monoisotopic (exact) mass is 394 g/mol. The van der Waals surface area contributed by atoms with Gasteiger partial charge in [-0.05, 0) is 36.4 Å². The van der Waals surface area contributed by atoms with Crippen LogP contribution in [0.3, 0.4) is 0 Å². The molecule has 0 aliphatic heterocycles. The molecular formula is C21H22N4O2S. The van der Waals surface area contributed by atoms with E-state index >= 15 is 0 Å². The Morgan fingerprint density at radius 2 is 1.89 bits per heavy atom. The summed E-state index contributed by atoms with van der Waals surface area (Å²) in [5.41, 5.74) is 3.15. The molecule has 0 bridgehead atoms. The van der Waals surface area contributed by atoms with E-state index in [0.717, 1.165) is 16.2 Å². The summed E-state index contributed by atoms with van der Waals surface area (Å²) in [5.74, 6) is 0.0298. The number of fused-ring (bicyclic) bond motifs is 1. The third kappa shape index (κ3) is 4.43. The number of allylic oxidation sites excluding steroid dienone is 1. The van der Waals surface area contributed by atoms with Crippen molar-refractivity contribution in [1.82, 2.24) is 14.5 Å². The van der Waals surface area contributed by atoms with E-state index < -0.39 is 0 Å². The minimum atomic E-state index is -0.131. The van der Waals surface area contributed by atoms with Crippen molar-refractivity contribution in [2.75, 3.05) is 25.2 Å². The molecule has 7 heteroatoms. The fraction of sp³-hybridized carbons (Fsp3) is 0.190. The maximum atomic E-state index is 12.3. The largest absolute Gasteiger partial charge is 0.345 e. The standard InChI is InChI=1S/C21H22N4O2S/c1-4-13-25-18-8-6-5-7-17(18)23-21(25)28-14-19(26)22-16-11-9-15(10-12-16)20(27)24(2)3/h4-12H,1,13-14H2,2-3H3,(H,22,26).